The van der Waals surface area contributed by atoms with Crippen molar-refractivity contribution in [3.8, 4) is 22.8 Å². The number of ether oxygens (including phenoxy) is 2. The Morgan fingerprint density at radius 3 is 2.41 bits per heavy atom. The Labute approximate surface area is 196 Å². The molecule has 7 heteroatoms. The summed E-state index contributed by atoms with van der Waals surface area (Å²) in [5.74, 6) is -0.469. The van der Waals surface area contributed by atoms with Crippen LogP contribution in [0.25, 0.3) is 11.3 Å². The maximum Gasteiger partial charge on any atom is 0.330 e. The smallest absolute Gasteiger partial charge is 0.330 e. The highest BCUT2D eigenvalue weighted by atomic mass is 16.5. The molecular weight excluding hydrogens is 404 g/mol. The second kappa shape index (κ2) is 8.67. The molecule has 1 aromatic heterocycles. The molecule has 1 aliphatic heterocycles. The van der Waals surface area contributed by atoms with Gasteiger partial charge in [0.05, 0.1) is 33.7 Å². The summed E-state index contributed by atoms with van der Waals surface area (Å²) in [5, 5.41) is 0. The minimum Gasteiger partial charge on any atom is -0.493 e. The Morgan fingerprint density at radius 2 is 1.75 bits per heavy atom. The number of aryl methyl sites for hydroxylation is 4. The predicted octanol–water partition coefficient (Wildman–Crippen LogP) is 3.01. The van der Waals surface area contributed by atoms with Crippen molar-refractivity contribution >= 4 is 5.69 Å². The standard InChI is InChI=1S/C25H30N4O3/c1-15-10-16(2)24(17(3)11-15)27-23-14-20-19-13-22(32-5)21(31-4)12-18(19)6-8-28(20)25(30)29(23)9-7-26/h10-14H,6-9,26H2,1-5H3/i4D3,5D3. The third kappa shape index (κ3) is 3.73. The lowest BCUT2D eigenvalue weighted by atomic mass is 9.97. The first-order chi connectivity index (χ1) is 17.7. The van der Waals surface area contributed by atoms with E-state index in [0.29, 0.717) is 35.3 Å². The molecule has 0 aliphatic carbocycles. The zero-order valence-corrected chi connectivity index (χ0v) is 18.4. The van der Waals surface area contributed by atoms with Gasteiger partial charge in [-0.25, -0.2) is 9.79 Å². The molecule has 4 rings (SSSR count). The molecule has 0 radical (unpaired) electrons. The van der Waals surface area contributed by atoms with Crippen LogP contribution in [0.4, 0.5) is 5.69 Å². The average Bonchev–Trinajstić information content (AvgIpc) is 2.77. The van der Waals surface area contributed by atoms with Crippen LogP contribution < -0.4 is 26.4 Å². The monoisotopic (exact) mass is 440 g/mol. The van der Waals surface area contributed by atoms with Gasteiger partial charge in [-0.05, 0) is 56.0 Å². The topological polar surface area (TPSA) is 83.8 Å². The van der Waals surface area contributed by atoms with Gasteiger partial charge < -0.3 is 15.2 Å². The zero-order valence-electron chi connectivity index (χ0n) is 24.4. The second-order valence-electron chi connectivity index (χ2n) is 8.03. The SMILES string of the molecule is [2H]C([2H])([2H])Oc1cc2c(cc1OC([2H])([2H])[2H])-c1cc(=Nc3c(C)cc(C)cc3C)n(CCN)c(=O)n1CC2. The summed E-state index contributed by atoms with van der Waals surface area (Å²) < 4.78 is 58.3. The summed E-state index contributed by atoms with van der Waals surface area (Å²) in [6.45, 7) is 6.73. The van der Waals surface area contributed by atoms with Crippen molar-refractivity contribution in [2.75, 3.05) is 20.6 Å². The van der Waals surface area contributed by atoms with Crippen LogP contribution >= 0.6 is 0 Å². The van der Waals surface area contributed by atoms with Gasteiger partial charge in [0.15, 0.2) is 11.5 Å². The fourth-order valence-electron chi connectivity index (χ4n) is 4.40. The number of nitrogens with zero attached hydrogens (tertiary/aromatic N) is 3. The number of methoxy groups -OCH3 is 2. The lowest BCUT2D eigenvalue weighted by Crippen LogP contribution is -2.43. The van der Waals surface area contributed by atoms with E-state index in [4.69, 9.17) is 28.4 Å². The van der Waals surface area contributed by atoms with E-state index in [-0.39, 0.29) is 30.3 Å². The van der Waals surface area contributed by atoms with Crippen molar-refractivity contribution in [3.63, 3.8) is 0 Å². The molecule has 0 atom stereocenters. The number of hydrogen-bond acceptors (Lipinski definition) is 5. The van der Waals surface area contributed by atoms with Crippen molar-refractivity contribution in [3.05, 3.63) is 68.6 Å². The van der Waals surface area contributed by atoms with Gasteiger partial charge in [0, 0.05) is 31.3 Å². The van der Waals surface area contributed by atoms with Gasteiger partial charge in [-0.1, -0.05) is 17.7 Å². The van der Waals surface area contributed by atoms with Crippen molar-refractivity contribution in [2.24, 2.45) is 10.7 Å². The van der Waals surface area contributed by atoms with Crippen LogP contribution in [-0.4, -0.2) is 29.8 Å². The molecule has 2 aromatic carbocycles. The van der Waals surface area contributed by atoms with Crippen molar-refractivity contribution in [1.82, 2.24) is 9.13 Å². The Balaban J connectivity index is 2.00. The summed E-state index contributed by atoms with van der Waals surface area (Å²) in [6.07, 6.45) is 0.392. The number of benzene rings is 2. The van der Waals surface area contributed by atoms with Crippen LogP contribution in [0.2, 0.25) is 0 Å². The zero-order chi connectivity index (χ0) is 28.0. The Bertz CT molecular complexity index is 1500. The average molecular weight is 441 g/mol. The molecular formula is C25H30N4O3. The summed E-state index contributed by atoms with van der Waals surface area (Å²) in [7, 11) is -5.66. The van der Waals surface area contributed by atoms with Crippen molar-refractivity contribution < 1.29 is 17.7 Å². The highest BCUT2D eigenvalue weighted by molar-refractivity contribution is 5.70. The predicted molar refractivity (Wildman–Crippen MR) is 126 cm³/mol. The van der Waals surface area contributed by atoms with Crippen LogP contribution in [0, 0.1) is 20.8 Å². The van der Waals surface area contributed by atoms with Crippen molar-refractivity contribution in [1.29, 1.82) is 0 Å². The number of fused-ring (bicyclic) bond motifs is 3. The summed E-state index contributed by atoms with van der Waals surface area (Å²) in [5.41, 5.74) is 11.4. The van der Waals surface area contributed by atoms with Gasteiger partial charge in [-0.15, -0.1) is 0 Å². The molecule has 1 aliphatic rings. The van der Waals surface area contributed by atoms with E-state index >= 15 is 0 Å². The first-order valence-electron chi connectivity index (χ1n) is 13.4. The first-order valence-corrected chi connectivity index (χ1v) is 10.4. The number of aromatic nitrogens is 2. The second-order valence-corrected chi connectivity index (χ2v) is 8.03. The van der Waals surface area contributed by atoms with Crippen LogP contribution in [0.1, 0.15) is 30.5 Å². The molecule has 0 spiro atoms. The van der Waals surface area contributed by atoms with Gasteiger partial charge in [0.25, 0.3) is 0 Å². The molecule has 3 aromatic rings. The van der Waals surface area contributed by atoms with Gasteiger partial charge in [0.1, 0.15) is 5.49 Å². The summed E-state index contributed by atoms with van der Waals surface area (Å²) in [4.78, 5) is 18.5. The highest BCUT2D eigenvalue weighted by Crippen LogP contribution is 2.37. The van der Waals surface area contributed by atoms with Crippen molar-refractivity contribution in [2.45, 2.75) is 40.3 Å². The minimum absolute atomic E-state index is 0.208. The normalized spacial score (nSPS) is 16.6. The first kappa shape index (κ1) is 15.5. The fourth-order valence-corrected chi connectivity index (χ4v) is 4.40. The molecule has 0 saturated carbocycles. The Kier molecular flexibility index (Phi) is 4.19. The lowest BCUT2D eigenvalue weighted by molar-refractivity contribution is 0.354. The maximum absolute atomic E-state index is 13.6. The molecule has 0 unspecified atom stereocenters. The Morgan fingerprint density at radius 1 is 1.06 bits per heavy atom. The third-order valence-electron chi connectivity index (χ3n) is 5.78. The molecule has 168 valence electrons. The molecule has 7 nitrogen and oxygen atoms in total. The van der Waals surface area contributed by atoms with E-state index in [1.54, 1.807) is 10.6 Å². The largest absolute Gasteiger partial charge is 0.493 e. The molecule has 0 bridgehead atoms. The quantitative estimate of drug-likeness (QED) is 0.661. The molecule has 2 heterocycles. The minimum atomic E-state index is -2.85. The van der Waals surface area contributed by atoms with Crippen LogP contribution in [0.15, 0.2) is 40.1 Å². The van der Waals surface area contributed by atoms with Gasteiger partial charge in [-0.3, -0.25) is 9.13 Å². The molecule has 0 fully saturated rings. The number of rotatable bonds is 5. The molecule has 0 amide bonds. The van der Waals surface area contributed by atoms with Gasteiger partial charge >= 0.3 is 5.69 Å². The molecule has 0 saturated heterocycles. The molecule has 2 N–H and O–H groups in total. The number of hydrogen-bond donors (Lipinski definition) is 1. The third-order valence-corrected chi connectivity index (χ3v) is 5.78. The van der Waals surface area contributed by atoms with E-state index in [1.807, 2.05) is 32.9 Å². The van der Waals surface area contributed by atoms with Gasteiger partial charge in [0.2, 0.25) is 0 Å². The van der Waals surface area contributed by atoms with E-state index in [0.717, 1.165) is 22.4 Å². The van der Waals surface area contributed by atoms with Crippen LogP contribution in [0.3, 0.4) is 0 Å². The van der Waals surface area contributed by atoms with E-state index < -0.39 is 14.1 Å². The number of nitrogens with two attached hydrogens (primary N) is 1. The van der Waals surface area contributed by atoms with E-state index in [1.165, 1.54) is 16.7 Å². The molecule has 32 heavy (non-hydrogen) atoms. The van der Waals surface area contributed by atoms with Crippen LogP contribution in [0.5, 0.6) is 11.5 Å². The van der Waals surface area contributed by atoms with Gasteiger partial charge in [-0.2, -0.15) is 0 Å². The Hall–Kier alpha value is -3.32. The summed E-state index contributed by atoms with van der Waals surface area (Å²) >= 11 is 0. The van der Waals surface area contributed by atoms with Crippen LogP contribution in [-0.2, 0) is 19.5 Å². The fraction of sp³-hybridized carbons (Fsp3) is 0.360. The maximum atomic E-state index is 13.6. The van der Waals surface area contributed by atoms with E-state index in [9.17, 15) is 4.79 Å². The lowest BCUT2D eigenvalue weighted by Gasteiger charge is -2.24. The summed E-state index contributed by atoms with van der Waals surface area (Å²) in [6, 6.07) is 8.67. The van der Waals surface area contributed by atoms with E-state index in [2.05, 4.69) is 0 Å². The highest BCUT2D eigenvalue weighted by Gasteiger charge is 2.22.